The van der Waals surface area contributed by atoms with E-state index >= 15 is 0 Å². The van der Waals surface area contributed by atoms with E-state index in [4.69, 9.17) is 9.47 Å². The lowest BCUT2D eigenvalue weighted by molar-refractivity contribution is -0.156. The first kappa shape index (κ1) is 18.3. The summed E-state index contributed by atoms with van der Waals surface area (Å²) in [4.78, 5) is 24.7. The van der Waals surface area contributed by atoms with Gasteiger partial charge in [0.2, 0.25) is 5.78 Å². The summed E-state index contributed by atoms with van der Waals surface area (Å²) in [5.41, 5.74) is 4.18. The molecule has 1 aliphatic rings. The van der Waals surface area contributed by atoms with Gasteiger partial charge in [-0.15, -0.1) is 0 Å². The van der Waals surface area contributed by atoms with Crippen LogP contribution in [0.1, 0.15) is 47.8 Å². The molecule has 2 aromatic carbocycles. The van der Waals surface area contributed by atoms with Gasteiger partial charge in [-0.05, 0) is 38.3 Å². The topological polar surface area (TPSA) is 52.6 Å². The van der Waals surface area contributed by atoms with E-state index in [0.717, 1.165) is 22.3 Å². The number of esters is 1. The Morgan fingerprint density at radius 3 is 2.27 bits per heavy atom. The first-order chi connectivity index (χ1) is 12.5. The predicted molar refractivity (Wildman–Crippen MR) is 98.7 cm³/mol. The molecule has 0 saturated carbocycles. The van der Waals surface area contributed by atoms with Crippen LogP contribution in [0.2, 0.25) is 0 Å². The molecule has 4 nitrogen and oxygen atoms in total. The Kier molecular flexibility index (Phi) is 5.52. The molecule has 0 radical (unpaired) electrons. The Morgan fingerprint density at radius 1 is 1.04 bits per heavy atom. The van der Waals surface area contributed by atoms with Gasteiger partial charge in [-0.1, -0.05) is 59.7 Å². The van der Waals surface area contributed by atoms with Gasteiger partial charge in [0.1, 0.15) is 0 Å². The van der Waals surface area contributed by atoms with Crippen LogP contribution in [-0.2, 0) is 19.1 Å². The minimum atomic E-state index is -0.774. The van der Waals surface area contributed by atoms with Crippen molar-refractivity contribution in [3.8, 4) is 0 Å². The van der Waals surface area contributed by atoms with Gasteiger partial charge in [0.25, 0.3) is 0 Å². The van der Waals surface area contributed by atoms with Crippen LogP contribution in [0.5, 0.6) is 0 Å². The van der Waals surface area contributed by atoms with Crippen LogP contribution < -0.4 is 0 Å². The summed E-state index contributed by atoms with van der Waals surface area (Å²) in [6.07, 6.45) is -0.194. The minimum Gasteiger partial charge on any atom is -0.460 e. The number of hydrogen-bond acceptors (Lipinski definition) is 4. The molecule has 0 bridgehead atoms. The molecule has 1 heterocycles. The van der Waals surface area contributed by atoms with Crippen molar-refractivity contribution >= 4 is 11.8 Å². The maximum absolute atomic E-state index is 12.7. The fourth-order valence-corrected chi connectivity index (χ4v) is 3.52. The Bertz CT molecular complexity index is 811. The number of rotatable bonds is 5. The van der Waals surface area contributed by atoms with Crippen LogP contribution in [0.3, 0.4) is 0 Å². The molecule has 0 aromatic heterocycles. The Hall–Kier alpha value is -2.46. The van der Waals surface area contributed by atoms with Crippen LogP contribution in [0.4, 0.5) is 0 Å². The van der Waals surface area contributed by atoms with Crippen molar-refractivity contribution in [2.45, 2.75) is 39.4 Å². The van der Waals surface area contributed by atoms with E-state index in [2.05, 4.69) is 6.07 Å². The summed E-state index contributed by atoms with van der Waals surface area (Å²) in [6.45, 7) is 5.91. The van der Waals surface area contributed by atoms with Crippen LogP contribution in [0.25, 0.3) is 0 Å². The Labute approximate surface area is 154 Å². The zero-order valence-corrected chi connectivity index (χ0v) is 15.4. The molecule has 0 amide bonds. The van der Waals surface area contributed by atoms with Gasteiger partial charge >= 0.3 is 5.97 Å². The van der Waals surface area contributed by atoms with E-state index in [-0.39, 0.29) is 12.7 Å². The van der Waals surface area contributed by atoms with Gasteiger partial charge in [0.15, 0.2) is 0 Å². The molecule has 136 valence electrons. The lowest BCUT2D eigenvalue weighted by Crippen LogP contribution is -2.28. The molecule has 3 rings (SSSR count). The zero-order chi connectivity index (χ0) is 18.7. The highest BCUT2D eigenvalue weighted by Crippen LogP contribution is 2.45. The van der Waals surface area contributed by atoms with Crippen LogP contribution in [0, 0.1) is 19.8 Å². The summed E-state index contributed by atoms with van der Waals surface area (Å²) in [6, 6.07) is 16.0. The summed E-state index contributed by atoms with van der Waals surface area (Å²) in [5, 5.41) is 0. The van der Waals surface area contributed by atoms with Crippen molar-refractivity contribution < 1.29 is 19.1 Å². The standard InChI is InChI=1S/C22H24O4/c1-4-25-22(24)20(23)18-13-19(16-9-5-7-14(2)11-16)26-21(18)17-10-6-8-15(3)12-17/h5-12,18-19,21H,4,13H2,1-3H3/t18-,19+,21+/m1/s1. The van der Waals surface area contributed by atoms with E-state index in [1.54, 1.807) is 6.92 Å². The third kappa shape index (κ3) is 3.86. The van der Waals surface area contributed by atoms with Crippen LogP contribution in [-0.4, -0.2) is 18.4 Å². The second-order valence-corrected chi connectivity index (χ2v) is 6.80. The number of carbonyl (C=O) groups excluding carboxylic acids is 2. The zero-order valence-electron chi connectivity index (χ0n) is 15.4. The van der Waals surface area contributed by atoms with Gasteiger partial charge in [-0.3, -0.25) is 4.79 Å². The first-order valence-corrected chi connectivity index (χ1v) is 8.99. The molecule has 1 saturated heterocycles. The molecule has 1 fully saturated rings. The number of Topliss-reactive ketones (excluding diaryl/α,β-unsaturated/α-hetero) is 1. The molecule has 1 aliphatic heterocycles. The van der Waals surface area contributed by atoms with E-state index < -0.39 is 23.8 Å². The Balaban J connectivity index is 1.92. The third-order valence-corrected chi connectivity index (χ3v) is 4.74. The highest BCUT2D eigenvalue weighted by atomic mass is 16.5. The van der Waals surface area contributed by atoms with Crippen molar-refractivity contribution in [2.75, 3.05) is 6.61 Å². The van der Waals surface area contributed by atoms with Gasteiger partial charge in [0, 0.05) is 0 Å². The quantitative estimate of drug-likeness (QED) is 0.596. The largest absolute Gasteiger partial charge is 0.460 e. The highest BCUT2D eigenvalue weighted by molar-refractivity contribution is 6.34. The average Bonchev–Trinajstić information content (AvgIpc) is 3.06. The molecule has 0 spiro atoms. The van der Waals surface area contributed by atoms with Gasteiger partial charge in [-0.25, -0.2) is 4.79 Å². The maximum Gasteiger partial charge on any atom is 0.375 e. The van der Waals surface area contributed by atoms with E-state index in [9.17, 15) is 9.59 Å². The third-order valence-electron chi connectivity index (χ3n) is 4.74. The number of hydrogen-bond donors (Lipinski definition) is 0. The number of carbonyl (C=O) groups is 2. The van der Waals surface area contributed by atoms with Crippen molar-refractivity contribution in [1.82, 2.24) is 0 Å². The fourth-order valence-electron chi connectivity index (χ4n) is 3.52. The van der Waals surface area contributed by atoms with E-state index in [1.165, 1.54) is 0 Å². The van der Waals surface area contributed by atoms with Crippen molar-refractivity contribution in [3.63, 3.8) is 0 Å². The molecule has 4 heteroatoms. The fraction of sp³-hybridized carbons (Fsp3) is 0.364. The summed E-state index contributed by atoms with van der Waals surface area (Å²) >= 11 is 0. The second kappa shape index (κ2) is 7.83. The lowest BCUT2D eigenvalue weighted by atomic mass is 9.88. The molecule has 0 aliphatic carbocycles. The van der Waals surface area contributed by atoms with Crippen molar-refractivity contribution in [1.29, 1.82) is 0 Å². The first-order valence-electron chi connectivity index (χ1n) is 8.99. The summed E-state index contributed by atoms with van der Waals surface area (Å²) < 4.78 is 11.2. The average molecular weight is 352 g/mol. The van der Waals surface area contributed by atoms with Crippen molar-refractivity contribution in [3.05, 3.63) is 70.8 Å². The van der Waals surface area contributed by atoms with E-state index in [1.807, 2.05) is 56.3 Å². The SMILES string of the molecule is CCOC(=O)C(=O)[C@H]1C[C@@H](c2cccc(C)c2)O[C@H]1c1cccc(C)c1. The monoisotopic (exact) mass is 352 g/mol. The normalized spacial score (nSPS) is 22.2. The van der Waals surface area contributed by atoms with Crippen LogP contribution >= 0.6 is 0 Å². The number of benzene rings is 2. The van der Waals surface area contributed by atoms with Gasteiger partial charge in [0.05, 0.1) is 24.7 Å². The summed E-state index contributed by atoms with van der Waals surface area (Å²) in [7, 11) is 0. The molecule has 3 atom stereocenters. The maximum atomic E-state index is 12.7. The molecule has 0 N–H and O–H groups in total. The number of ketones is 1. The smallest absolute Gasteiger partial charge is 0.375 e. The van der Waals surface area contributed by atoms with Gasteiger partial charge < -0.3 is 9.47 Å². The molecule has 0 unspecified atom stereocenters. The lowest BCUT2D eigenvalue weighted by Gasteiger charge is -2.18. The highest BCUT2D eigenvalue weighted by Gasteiger charge is 2.43. The molecule has 2 aromatic rings. The van der Waals surface area contributed by atoms with Gasteiger partial charge in [-0.2, -0.15) is 0 Å². The minimum absolute atomic E-state index is 0.189. The molecular weight excluding hydrogens is 328 g/mol. The van der Waals surface area contributed by atoms with Crippen molar-refractivity contribution in [2.24, 2.45) is 5.92 Å². The predicted octanol–water partition coefficient (Wildman–Crippen LogP) is 4.25. The Morgan fingerprint density at radius 2 is 1.65 bits per heavy atom. The van der Waals surface area contributed by atoms with Crippen LogP contribution in [0.15, 0.2) is 48.5 Å². The number of ether oxygens (including phenoxy) is 2. The molecule has 26 heavy (non-hydrogen) atoms. The summed E-state index contributed by atoms with van der Waals surface area (Å²) in [5.74, 6) is -1.82. The molecular formula is C22H24O4. The number of aryl methyl sites for hydroxylation is 2. The van der Waals surface area contributed by atoms with E-state index in [0.29, 0.717) is 6.42 Å². The second-order valence-electron chi connectivity index (χ2n) is 6.80.